The van der Waals surface area contributed by atoms with Crippen molar-refractivity contribution in [2.45, 2.75) is 6.10 Å². The molecule has 0 radical (unpaired) electrons. The molecule has 0 aliphatic carbocycles. The molecule has 0 saturated carbocycles. The minimum atomic E-state index is -0.895. The highest BCUT2D eigenvalue weighted by Gasteiger charge is 2.14. The first kappa shape index (κ1) is 11.7. The molecule has 19 heavy (non-hydrogen) atoms. The van der Waals surface area contributed by atoms with E-state index < -0.39 is 11.9 Å². The predicted octanol–water partition coefficient (Wildman–Crippen LogP) is 2.85. The zero-order chi connectivity index (χ0) is 13.2. The molecule has 94 valence electrons. The lowest BCUT2D eigenvalue weighted by molar-refractivity contribution is 0.216. The Morgan fingerprint density at radius 2 is 1.89 bits per heavy atom. The molecular formula is C15H11FN2O. The Balaban J connectivity index is 2.11. The van der Waals surface area contributed by atoms with Crippen molar-refractivity contribution in [3.63, 3.8) is 0 Å². The Morgan fingerprint density at radius 3 is 2.68 bits per heavy atom. The predicted molar refractivity (Wildman–Crippen MR) is 70.0 cm³/mol. The van der Waals surface area contributed by atoms with E-state index in [0.29, 0.717) is 11.3 Å². The van der Waals surface area contributed by atoms with E-state index in [1.807, 2.05) is 30.3 Å². The topological polar surface area (TPSA) is 46.0 Å². The Kier molecular flexibility index (Phi) is 2.93. The van der Waals surface area contributed by atoms with Gasteiger partial charge >= 0.3 is 0 Å². The maximum atomic E-state index is 12.9. The van der Waals surface area contributed by atoms with Crippen LogP contribution in [0.15, 0.2) is 54.9 Å². The minimum Gasteiger partial charge on any atom is -0.382 e. The van der Waals surface area contributed by atoms with Crippen molar-refractivity contribution in [2.24, 2.45) is 0 Å². The molecular weight excluding hydrogens is 243 g/mol. The van der Waals surface area contributed by atoms with Gasteiger partial charge in [0.25, 0.3) is 0 Å². The van der Waals surface area contributed by atoms with Gasteiger partial charge in [0.2, 0.25) is 0 Å². The molecule has 4 heteroatoms. The SMILES string of the molecule is OC(c1ccc(F)cn1)c1cccc2ncccc12. The van der Waals surface area contributed by atoms with Gasteiger partial charge in [-0.1, -0.05) is 18.2 Å². The van der Waals surface area contributed by atoms with E-state index in [4.69, 9.17) is 0 Å². The standard InChI is InChI=1S/C15H11FN2O/c16-10-6-7-14(18-9-10)15(19)12-3-1-5-13-11(12)4-2-8-17-13/h1-9,15,19H. The van der Waals surface area contributed by atoms with Crippen LogP contribution in [0.3, 0.4) is 0 Å². The summed E-state index contributed by atoms with van der Waals surface area (Å²) in [6.45, 7) is 0. The third kappa shape index (κ3) is 2.18. The van der Waals surface area contributed by atoms with Gasteiger partial charge in [0, 0.05) is 11.6 Å². The molecule has 2 aromatic heterocycles. The maximum absolute atomic E-state index is 12.9. The summed E-state index contributed by atoms with van der Waals surface area (Å²) in [5.74, 6) is -0.421. The third-order valence-electron chi connectivity index (χ3n) is 3.00. The Labute approximate surface area is 109 Å². The number of hydrogen-bond donors (Lipinski definition) is 1. The average Bonchev–Trinajstić information content (AvgIpc) is 2.47. The fourth-order valence-electron chi connectivity index (χ4n) is 2.07. The Hall–Kier alpha value is -2.33. The van der Waals surface area contributed by atoms with Gasteiger partial charge in [0.15, 0.2) is 0 Å². The Morgan fingerprint density at radius 1 is 1.00 bits per heavy atom. The van der Waals surface area contributed by atoms with Crippen molar-refractivity contribution in [2.75, 3.05) is 0 Å². The molecule has 0 aliphatic rings. The number of halogens is 1. The van der Waals surface area contributed by atoms with Gasteiger partial charge in [-0.05, 0) is 29.8 Å². The van der Waals surface area contributed by atoms with Gasteiger partial charge in [0.05, 0.1) is 17.4 Å². The largest absolute Gasteiger partial charge is 0.382 e. The number of aromatic nitrogens is 2. The summed E-state index contributed by atoms with van der Waals surface area (Å²) in [5, 5.41) is 11.2. The van der Waals surface area contributed by atoms with Gasteiger partial charge < -0.3 is 5.11 Å². The summed E-state index contributed by atoms with van der Waals surface area (Å²) in [5.41, 5.74) is 1.93. The zero-order valence-corrected chi connectivity index (χ0v) is 9.99. The molecule has 3 aromatic rings. The molecule has 0 aliphatic heterocycles. The molecule has 1 atom stereocenters. The summed E-state index contributed by atoms with van der Waals surface area (Å²) in [6.07, 6.45) is 1.91. The van der Waals surface area contributed by atoms with Crippen molar-refractivity contribution < 1.29 is 9.50 Å². The molecule has 0 saturated heterocycles. The molecule has 3 rings (SSSR count). The first-order valence-corrected chi connectivity index (χ1v) is 5.89. The quantitative estimate of drug-likeness (QED) is 0.764. The maximum Gasteiger partial charge on any atom is 0.141 e. The first-order valence-electron chi connectivity index (χ1n) is 5.89. The van der Waals surface area contributed by atoms with Crippen LogP contribution in [0.25, 0.3) is 10.9 Å². The second-order valence-corrected chi connectivity index (χ2v) is 4.22. The number of aliphatic hydroxyl groups excluding tert-OH is 1. The number of hydrogen-bond acceptors (Lipinski definition) is 3. The van der Waals surface area contributed by atoms with E-state index in [2.05, 4.69) is 9.97 Å². The van der Waals surface area contributed by atoms with E-state index in [9.17, 15) is 9.50 Å². The average molecular weight is 254 g/mol. The molecule has 0 amide bonds. The number of aliphatic hydroxyl groups is 1. The van der Waals surface area contributed by atoms with Crippen molar-refractivity contribution in [1.82, 2.24) is 9.97 Å². The molecule has 3 nitrogen and oxygen atoms in total. The third-order valence-corrected chi connectivity index (χ3v) is 3.00. The molecule has 0 bridgehead atoms. The lowest BCUT2D eigenvalue weighted by Crippen LogP contribution is -2.03. The van der Waals surface area contributed by atoms with E-state index in [0.717, 1.165) is 17.1 Å². The van der Waals surface area contributed by atoms with Crippen LogP contribution in [0.4, 0.5) is 4.39 Å². The van der Waals surface area contributed by atoms with Gasteiger partial charge in [-0.2, -0.15) is 0 Å². The number of nitrogens with zero attached hydrogens (tertiary/aromatic N) is 2. The van der Waals surface area contributed by atoms with E-state index in [1.165, 1.54) is 12.1 Å². The zero-order valence-electron chi connectivity index (χ0n) is 9.99. The summed E-state index contributed by atoms with van der Waals surface area (Å²) >= 11 is 0. The van der Waals surface area contributed by atoms with Crippen LogP contribution in [-0.4, -0.2) is 15.1 Å². The van der Waals surface area contributed by atoms with Gasteiger partial charge in [0.1, 0.15) is 11.9 Å². The van der Waals surface area contributed by atoms with Gasteiger partial charge in [-0.3, -0.25) is 9.97 Å². The molecule has 0 fully saturated rings. The minimum absolute atomic E-state index is 0.415. The molecule has 1 N–H and O–H groups in total. The van der Waals surface area contributed by atoms with Crippen LogP contribution in [0, 0.1) is 5.82 Å². The Bertz CT molecular complexity index is 707. The smallest absolute Gasteiger partial charge is 0.141 e. The summed E-state index contributed by atoms with van der Waals surface area (Å²) < 4.78 is 12.9. The number of rotatable bonds is 2. The van der Waals surface area contributed by atoms with Crippen LogP contribution in [-0.2, 0) is 0 Å². The number of pyridine rings is 2. The molecule has 1 unspecified atom stereocenters. The highest BCUT2D eigenvalue weighted by atomic mass is 19.1. The van der Waals surface area contributed by atoms with Gasteiger partial charge in [-0.25, -0.2) is 4.39 Å². The van der Waals surface area contributed by atoms with Crippen molar-refractivity contribution in [1.29, 1.82) is 0 Å². The second-order valence-electron chi connectivity index (χ2n) is 4.22. The first-order chi connectivity index (χ1) is 9.25. The lowest BCUT2D eigenvalue weighted by atomic mass is 10.0. The van der Waals surface area contributed by atoms with Crippen LogP contribution < -0.4 is 0 Å². The summed E-state index contributed by atoms with van der Waals surface area (Å²) in [6, 6.07) is 12.0. The van der Waals surface area contributed by atoms with E-state index in [-0.39, 0.29) is 0 Å². The second kappa shape index (κ2) is 4.74. The van der Waals surface area contributed by atoms with Crippen LogP contribution >= 0.6 is 0 Å². The summed E-state index contributed by atoms with van der Waals surface area (Å²) in [7, 11) is 0. The normalized spacial score (nSPS) is 12.5. The molecule has 1 aromatic carbocycles. The number of fused-ring (bicyclic) bond motifs is 1. The van der Waals surface area contributed by atoms with E-state index in [1.54, 1.807) is 6.20 Å². The van der Waals surface area contributed by atoms with Crippen LogP contribution in [0.5, 0.6) is 0 Å². The molecule has 2 heterocycles. The molecule has 0 spiro atoms. The van der Waals surface area contributed by atoms with E-state index >= 15 is 0 Å². The number of benzene rings is 1. The van der Waals surface area contributed by atoms with Crippen molar-refractivity contribution >= 4 is 10.9 Å². The van der Waals surface area contributed by atoms with Crippen LogP contribution in [0.2, 0.25) is 0 Å². The van der Waals surface area contributed by atoms with Crippen LogP contribution in [0.1, 0.15) is 17.4 Å². The lowest BCUT2D eigenvalue weighted by Gasteiger charge is -2.12. The highest BCUT2D eigenvalue weighted by molar-refractivity contribution is 5.82. The fourth-order valence-corrected chi connectivity index (χ4v) is 2.07. The van der Waals surface area contributed by atoms with Gasteiger partial charge in [-0.15, -0.1) is 0 Å². The highest BCUT2D eigenvalue weighted by Crippen LogP contribution is 2.26. The monoisotopic (exact) mass is 254 g/mol. The fraction of sp³-hybridized carbons (Fsp3) is 0.0667. The summed E-state index contributed by atoms with van der Waals surface area (Å²) in [4.78, 5) is 8.16. The van der Waals surface area contributed by atoms with Crippen molar-refractivity contribution in [3.05, 3.63) is 71.9 Å². The van der Waals surface area contributed by atoms with Crippen molar-refractivity contribution in [3.8, 4) is 0 Å².